The molecule has 30 heavy (non-hydrogen) atoms. The van der Waals surface area contributed by atoms with Crippen molar-refractivity contribution in [3.63, 3.8) is 0 Å². The number of benzene rings is 1. The van der Waals surface area contributed by atoms with Crippen molar-refractivity contribution in [2.45, 2.75) is 25.4 Å². The number of hydrogen-bond donors (Lipinski definition) is 1. The van der Waals surface area contributed by atoms with Crippen LogP contribution in [0.25, 0.3) is 10.9 Å². The first-order chi connectivity index (χ1) is 14.6. The number of aromatic nitrogens is 4. The van der Waals surface area contributed by atoms with Gasteiger partial charge in [0.1, 0.15) is 18.2 Å². The van der Waals surface area contributed by atoms with Crippen molar-refractivity contribution in [2.75, 3.05) is 36.0 Å². The van der Waals surface area contributed by atoms with Crippen LogP contribution in [-0.4, -0.2) is 51.8 Å². The summed E-state index contributed by atoms with van der Waals surface area (Å²) in [7, 11) is 1.47. The molecule has 0 spiro atoms. The lowest BCUT2D eigenvalue weighted by atomic mass is 9.96. The van der Waals surface area contributed by atoms with Gasteiger partial charge in [-0.1, -0.05) is 0 Å². The second-order valence-corrected chi connectivity index (χ2v) is 7.88. The first-order valence-electron chi connectivity index (χ1n) is 10.3. The molecule has 1 N–H and O–H groups in total. The molecule has 3 aromatic rings. The standard InChI is InChI=1S/C21H24N6O3/c1-25-19(28)12-18(24-21(25)29)27-9-7-26(8-10-27)14-5-6-17-16(11-14)20(23-13-22-17)30-15-3-2-4-15/h5-6,11-13,15H,2-4,7-10H2,1H3,(H,24,29). The van der Waals surface area contributed by atoms with Gasteiger partial charge < -0.3 is 14.5 Å². The Morgan fingerprint density at radius 1 is 1.03 bits per heavy atom. The van der Waals surface area contributed by atoms with E-state index in [1.54, 1.807) is 6.33 Å². The van der Waals surface area contributed by atoms with Crippen LogP contribution in [0.1, 0.15) is 19.3 Å². The van der Waals surface area contributed by atoms with Gasteiger partial charge in [-0.3, -0.25) is 14.3 Å². The quantitative estimate of drug-likeness (QED) is 0.695. The average molecular weight is 408 g/mol. The zero-order valence-electron chi connectivity index (χ0n) is 16.9. The summed E-state index contributed by atoms with van der Waals surface area (Å²) in [5, 5.41) is 0.931. The Hall–Kier alpha value is -3.36. The molecule has 9 nitrogen and oxygen atoms in total. The largest absolute Gasteiger partial charge is 0.474 e. The highest BCUT2D eigenvalue weighted by atomic mass is 16.5. The predicted octanol–water partition coefficient (Wildman–Crippen LogP) is 1.27. The minimum absolute atomic E-state index is 0.260. The lowest BCUT2D eigenvalue weighted by molar-refractivity contribution is 0.116. The van der Waals surface area contributed by atoms with E-state index >= 15 is 0 Å². The molecule has 2 aromatic heterocycles. The molecule has 1 aliphatic carbocycles. The maximum absolute atomic E-state index is 11.9. The summed E-state index contributed by atoms with van der Waals surface area (Å²) in [5.41, 5.74) is 1.27. The summed E-state index contributed by atoms with van der Waals surface area (Å²) in [6.45, 7) is 2.96. The predicted molar refractivity (Wildman–Crippen MR) is 115 cm³/mol. The van der Waals surface area contributed by atoms with Gasteiger partial charge in [0.25, 0.3) is 5.56 Å². The van der Waals surface area contributed by atoms with Crippen molar-refractivity contribution in [3.8, 4) is 5.88 Å². The van der Waals surface area contributed by atoms with Crippen molar-refractivity contribution in [2.24, 2.45) is 7.05 Å². The third-order valence-electron chi connectivity index (χ3n) is 6.03. The minimum atomic E-state index is -0.395. The Labute approximate surface area is 172 Å². The van der Waals surface area contributed by atoms with Crippen LogP contribution < -0.4 is 25.8 Å². The topological polar surface area (TPSA) is 96.3 Å². The Bertz CT molecular complexity index is 1160. The molecule has 156 valence electrons. The number of ether oxygens (including phenoxy) is 1. The third kappa shape index (κ3) is 3.40. The second-order valence-electron chi connectivity index (χ2n) is 7.88. The Morgan fingerprint density at radius 3 is 2.50 bits per heavy atom. The van der Waals surface area contributed by atoms with Crippen molar-refractivity contribution >= 4 is 22.4 Å². The molecule has 9 heteroatoms. The fourth-order valence-electron chi connectivity index (χ4n) is 3.88. The molecule has 2 fully saturated rings. The molecular weight excluding hydrogens is 384 g/mol. The van der Waals surface area contributed by atoms with Gasteiger partial charge in [-0.2, -0.15) is 0 Å². The Balaban J connectivity index is 1.35. The normalized spacial score (nSPS) is 17.2. The van der Waals surface area contributed by atoms with E-state index < -0.39 is 5.69 Å². The summed E-state index contributed by atoms with van der Waals surface area (Å²) in [4.78, 5) is 39.7. The summed E-state index contributed by atoms with van der Waals surface area (Å²) in [6.07, 6.45) is 5.19. The molecular formula is C21H24N6O3. The molecule has 0 atom stereocenters. The Morgan fingerprint density at radius 2 is 1.80 bits per heavy atom. The van der Waals surface area contributed by atoms with Crippen LogP contribution in [0.15, 0.2) is 40.2 Å². The lowest BCUT2D eigenvalue weighted by Gasteiger charge is -2.37. The van der Waals surface area contributed by atoms with Crippen molar-refractivity contribution in [1.29, 1.82) is 0 Å². The highest BCUT2D eigenvalue weighted by molar-refractivity contribution is 5.86. The zero-order valence-corrected chi connectivity index (χ0v) is 16.9. The molecule has 1 aliphatic heterocycles. The van der Waals surface area contributed by atoms with Crippen LogP contribution in [0.5, 0.6) is 5.88 Å². The number of aromatic amines is 1. The molecule has 3 heterocycles. The van der Waals surface area contributed by atoms with E-state index in [9.17, 15) is 9.59 Å². The van der Waals surface area contributed by atoms with E-state index in [0.717, 1.165) is 47.1 Å². The molecule has 1 aromatic carbocycles. The molecule has 0 radical (unpaired) electrons. The smallest absolute Gasteiger partial charge is 0.329 e. The van der Waals surface area contributed by atoms with Gasteiger partial charge >= 0.3 is 5.69 Å². The fourth-order valence-corrected chi connectivity index (χ4v) is 3.88. The summed E-state index contributed by atoms with van der Waals surface area (Å²) in [5.74, 6) is 1.23. The summed E-state index contributed by atoms with van der Waals surface area (Å²) in [6, 6.07) is 7.65. The van der Waals surface area contributed by atoms with Crippen LogP contribution in [0, 0.1) is 0 Å². The van der Waals surface area contributed by atoms with Gasteiger partial charge in [-0.15, -0.1) is 0 Å². The van der Waals surface area contributed by atoms with E-state index in [-0.39, 0.29) is 11.7 Å². The minimum Gasteiger partial charge on any atom is -0.474 e. The van der Waals surface area contributed by atoms with Crippen molar-refractivity contribution in [3.05, 3.63) is 51.4 Å². The number of anilines is 2. The summed E-state index contributed by atoms with van der Waals surface area (Å²) >= 11 is 0. The first-order valence-corrected chi connectivity index (χ1v) is 10.3. The Kier molecular flexibility index (Phi) is 4.65. The van der Waals surface area contributed by atoms with Crippen LogP contribution in [0.4, 0.5) is 11.5 Å². The van der Waals surface area contributed by atoms with Gasteiger partial charge in [0.05, 0.1) is 10.9 Å². The molecule has 0 amide bonds. The van der Waals surface area contributed by atoms with Crippen LogP contribution in [0.2, 0.25) is 0 Å². The van der Waals surface area contributed by atoms with E-state index in [2.05, 4.69) is 32.0 Å². The van der Waals surface area contributed by atoms with E-state index in [0.29, 0.717) is 24.8 Å². The summed E-state index contributed by atoms with van der Waals surface area (Å²) < 4.78 is 7.14. The van der Waals surface area contributed by atoms with Crippen LogP contribution in [0.3, 0.4) is 0 Å². The second kappa shape index (κ2) is 7.47. The average Bonchev–Trinajstić information content (AvgIpc) is 2.74. The first kappa shape index (κ1) is 18.7. The van der Waals surface area contributed by atoms with Crippen LogP contribution in [-0.2, 0) is 7.05 Å². The highest BCUT2D eigenvalue weighted by Crippen LogP contribution is 2.31. The number of H-pyrrole nitrogens is 1. The number of rotatable bonds is 4. The molecule has 1 saturated carbocycles. The SMILES string of the molecule is Cn1c(=O)cc(N2CCN(c3ccc4ncnc(OC5CCC5)c4c3)CC2)[nH]c1=O. The third-order valence-corrected chi connectivity index (χ3v) is 6.03. The zero-order chi connectivity index (χ0) is 20.7. The molecule has 1 saturated heterocycles. The van der Waals surface area contributed by atoms with Crippen molar-refractivity contribution in [1.82, 2.24) is 19.5 Å². The highest BCUT2D eigenvalue weighted by Gasteiger charge is 2.22. The monoisotopic (exact) mass is 408 g/mol. The number of piperazine rings is 1. The molecule has 0 bridgehead atoms. The number of hydrogen-bond acceptors (Lipinski definition) is 7. The molecule has 2 aliphatic rings. The van der Waals surface area contributed by atoms with Crippen LogP contribution >= 0.6 is 0 Å². The molecule has 0 unspecified atom stereocenters. The van der Waals surface area contributed by atoms with Crippen molar-refractivity contribution < 1.29 is 4.74 Å². The van der Waals surface area contributed by atoms with Gasteiger partial charge in [0.2, 0.25) is 5.88 Å². The number of nitrogens with one attached hydrogen (secondary N) is 1. The number of nitrogens with zero attached hydrogens (tertiary/aromatic N) is 5. The lowest BCUT2D eigenvalue weighted by Crippen LogP contribution is -2.48. The van der Waals surface area contributed by atoms with Gasteiger partial charge in [0.15, 0.2) is 0 Å². The number of fused-ring (bicyclic) bond motifs is 1. The maximum atomic E-state index is 11.9. The van der Waals surface area contributed by atoms with E-state index in [1.807, 2.05) is 11.0 Å². The van der Waals surface area contributed by atoms with Gasteiger partial charge in [-0.25, -0.2) is 14.8 Å². The van der Waals surface area contributed by atoms with Gasteiger partial charge in [0, 0.05) is 45.0 Å². The van der Waals surface area contributed by atoms with E-state index in [4.69, 9.17) is 4.74 Å². The van der Waals surface area contributed by atoms with E-state index in [1.165, 1.54) is 19.5 Å². The van der Waals surface area contributed by atoms with Gasteiger partial charge in [-0.05, 0) is 37.5 Å². The molecule has 5 rings (SSSR count). The fraction of sp³-hybridized carbons (Fsp3) is 0.429. The maximum Gasteiger partial charge on any atom is 0.329 e.